The van der Waals surface area contributed by atoms with Crippen LogP contribution in [0.1, 0.15) is 18.1 Å². The molecule has 1 rings (SSSR count). The molecule has 16 heavy (non-hydrogen) atoms. The van der Waals surface area contributed by atoms with E-state index in [2.05, 4.69) is 5.92 Å². The minimum absolute atomic E-state index is 0.241. The van der Waals surface area contributed by atoms with E-state index in [1.807, 2.05) is 30.3 Å². The first-order valence-electron chi connectivity index (χ1n) is 4.96. The molecule has 1 aromatic carbocycles. The summed E-state index contributed by atoms with van der Waals surface area (Å²) in [5, 5.41) is 10.5. The molecule has 1 atom stereocenters. The topological polar surface area (TPSA) is 52.4 Å². The summed E-state index contributed by atoms with van der Waals surface area (Å²) in [6, 6.07) is 9.13. The van der Waals surface area contributed by atoms with Crippen molar-refractivity contribution in [3.05, 3.63) is 46.0 Å². The maximum absolute atomic E-state index is 10.5. The predicted molar refractivity (Wildman–Crippen MR) is 60.4 cm³/mol. The van der Waals surface area contributed by atoms with E-state index in [0.717, 1.165) is 5.56 Å². The highest BCUT2D eigenvalue weighted by molar-refractivity contribution is 5.17. The molecule has 0 aliphatic heterocycles. The third-order valence-electron chi connectivity index (χ3n) is 2.05. The van der Waals surface area contributed by atoms with Crippen LogP contribution in [0.5, 0.6) is 0 Å². The Bertz CT molecular complexity index is 370. The lowest BCUT2D eigenvalue weighted by Gasteiger charge is -2.13. The van der Waals surface area contributed by atoms with Gasteiger partial charge in [0, 0.05) is 11.3 Å². The summed E-state index contributed by atoms with van der Waals surface area (Å²) in [5.41, 5.74) is 0.802. The number of benzene rings is 1. The van der Waals surface area contributed by atoms with E-state index in [9.17, 15) is 10.1 Å². The number of nitro groups is 1. The molecule has 0 aromatic heterocycles. The highest BCUT2D eigenvalue weighted by Gasteiger charge is 2.17. The third-order valence-corrected chi connectivity index (χ3v) is 2.05. The second-order valence-electron chi connectivity index (χ2n) is 3.24. The average molecular weight is 219 g/mol. The van der Waals surface area contributed by atoms with E-state index in [-0.39, 0.29) is 11.5 Å². The Labute approximate surface area is 94.4 Å². The molecule has 0 saturated carbocycles. The number of hydrogen-bond donors (Lipinski definition) is 0. The molecule has 4 nitrogen and oxygen atoms in total. The van der Waals surface area contributed by atoms with Gasteiger partial charge in [0.1, 0.15) is 6.10 Å². The minimum atomic E-state index is -0.524. The van der Waals surface area contributed by atoms with Gasteiger partial charge in [-0.1, -0.05) is 30.3 Å². The van der Waals surface area contributed by atoms with Crippen molar-refractivity contribution in [2.45, 2.75) is 12.5 Å². The highest BCUT2D eigenvalue weighted by Crippen LogP contribution is 2.17. The van der Waals surface area contributed by atoms with Crippen LogP contribution in [0.4, 0.5) is 0 Å². The van der Waals surface area contributed by atoms with Crippen molar-refractivity contribution in [2.24, 2.45) is 0 Å². The monoisotopic (exact) mass is 219 g/mol. The molecule has 0 aliphatic rings. The van der Waals surface area contributed by atoms with Crippen molar-refractivity contribution in [3.63, 3.8) is 0 Å². The summed E-state index contributed by atoms with van der Waals surface area (Å²) in [7, 11) is 0. The molecule has 0 saturated heterocycles. The SMILES string of the molecule is C#CCCOC(C[N+](=O)[O-])c1ccccc1. The summed E-state index contributed by atoms with van der Waals surface area (Å²) < 4.78 is 5.40. The van der Waals surface area contributed by atoms with Crippen molar-refractivity contribution in [2.75, 3.05) is 13.2 Å². The van der Waals surface area contributed by atoms with Crippen LogP contribution in [0.3, 0.4) is 0 Å². The van der Waals surface area contributed by atoms with Gasteiger partial charge in [-0.15, -0.1) is 12.3 Å². The molecule has 0 heterocycles. The van der Waals surface area contributed by atoms with Gasteiger partial charge in [-0.2, -0.15) is 0 Å². The summed E-state index contributed by atoms with van der Waals surface area (Å²) >= 11 is 0. The first-order valence-corrected chi connectivity index (χ1v) is 4.96. The number of ether oxygens (including phenoxy) is 1. The number of nitrogens with zero attached hydrogens (tertiary/aromatic N) is 1. The zero-order chi connectivity index (χ0) is 11.8. The third kappa shape index (κ3) is 4.11. The fraction of sp³-hybridized carbons (Fsp3) is 0.333. The van der Waals surface area contributed by atoms with E-state index in [4.69, 9.17) is 11.2 Å². The fourth-order valence-corrected chi connectivity index (χ4v) is 1.32. The number of rotatable bonds is 6. The first kappa shape index (κ1) is 12.2. The van der Waals surface area contributed by atoms with E-state index in [0.29, 0.717) is 13.0 Å². The molecule has 0 aliphatic carbocycles. The van der Waals surface area contributed by atoms with Crippen LogP contribution in [-0.4, -0.2) is 18.1 Å². The van der Waals surface area contributed by atoms with Crippen molar-refractivity contribution in [1.29, 1.82) is 0 Å². The van der Waals surface area contributed by atoms with Gasteiger partial charge in [0.25, 0.3) is 0 Å². The molecular formula is C12H13NO3. The van der Waals surface area contributed by atoms with Crippen molar-refractivity contribution in [3.8, 4) is 12.3 Å². The Kier molecular flexibility index (Phi) is 5.03. The second-order valence-corrected chi connectivity index (χ2v) is 3.24. The second kappa shape index (κ2) is 6.59. The van der Waals surface area contributed by atoms with Crippen LogP contribution >= 0.6 is 0 Å². The maximum Gasteiger partial charge on any atom is 0.233 e. The summed E-state index contributed by atoms with van der Waals surface area (Å²) in [6.07, 6.45) is 5.03. The van der Waals surface area contributed by atoms with Gasteiger partial charge in [-0.05, 0) is 5.56 Å². The van der Waals surface area contributed by atoms with E-state index >= 15 is 0 Å². The van der Waals surface area contributed by atoms with Gasteiger partial charge in [0.2, 0.25) is 6.54 Å². The molecule has 0 fully saturated rings. The maximum atomic E-state index is 10.5. The minimum Gasteiger partial charge on any atom is -0.366 e. The molecule has 0 N–H and O–H groups in total. The molecule has 0 bridgehead atoms. The van der Waals surface area contributed by atoms with Crippen LogP contribution < -0.4 is 0 Å². The molecule has 0 amide bonds. The van der Waals surface area contributed by atoms with E-state index in [1.54, 1.807) is 0 Å². The van der Waals surface area contributed by atoms with Gasteiger partial charge < -0.3 is 4.74 Å². The van der Waals surface area contributed by atoms with Crippen molar-refractivity contribution < 1.29 is 9.66 Å². The highest BCUT2D eigenvalue weighted by atomic mass is 16.6. The Balaban J connectivity index is 2.64. The molecule has 1 unspecified atom stereocenters. The van der Waals surface area contributed by atoms with Gasteiger partial charge in [-0.25, -0.2) is 0 Å². The Morgan fingerprint density at radius 2 is 2.12 bits per heavy atom. The predicted octanol–water partition coefficient (Wildman–Crippen LogP) is 2.04. The molecular weight excluding hydrogens is 206 g/mol. The fourth-order valence-electron chi connectivity index (χ4n) is 1.32. The first-order chi connectivity index (χ1) is 7.74. The summed E-state index contributed by atoms with van der Waals surface area (Å²) in [4.78, 5) is 10.1. The summed E-state index contributed by atoms with van der Waals surface area (Å²) in [5.74, 6) is 2.43. The van der Waals surface area contributed by atoms with Crippen LogP contribution in [0.25, 0.3) is 0 Å². The lowest BCUT2D eigenvalue weighted by molar-refractivity contribution is -0.492. The van der Waals surface area contributed by atoms with Crippen molar-refractivity contribution in [1.82, 2.24) is 0 Å². The quantitative estimate of drug-likeness (QED) is 0.318. The van der Waals surface area contributed by atoms with Crippen LogP contribution in [0, 0.1) is 22.5 Å². The van der Waals surface area contributed by atoms with E-state index < -0.39 is 6.10 Å². The van der Waals surface area contributed by atoms with Crippen LogP contribution in [0.2, 0.25) is 0 Å². The number of terminal acetylenes is 1. The van der Waals surface area contributed by atoms with E-state index in [1.165, 1.54) is 0 Å². The summed E-state index contributed by atoms with van der Waals surface area (Å²) in [6.45, 7) is 0.0957. The van der Waals surface area contributed by atoms with Gasteiger partial charge in [0.15, 0.2) is 0 Å². The Hall–Kier alpha value is -1.86. The number of hydrogen-bond acceptors (Lipinski definition) is 3. The lowest BCUT2D eigenvalue weighted by Crippen LogP contribution is -2.16. The molecule has 0 spiro atoms. The average Bonchev–Trinajstić information content (AvgIpc) is 2.29. The molecule has 84 valence electrons. The zero-order valence-electron chi connectivity index (χ0n) is 8.83. The Morgan fingerprint density at radius 3 is 2.69 bits per heavy atom. The lowest BCUT2D eigenvalue weighted by atomic mass is 10.1. The Morgan fingerprint density at radius 1 is 1.44 bits per heavy atom. The standard InChI is InChI=1S/C12H13NO3/c1-2-3-9-16-12(10-13(14)15)11-7-5-4-6-8-11/h1,4-8,12H,3,9-10H2. The molecule has 1 aromatic rings. The van der Waals surface area contributed by atoms with Crippen LogP contribution in [0.15, 0.2) is 30.3 Å². The van der Waals surface area contributed by atoms with Crippen LogP contribution in [-0.2, 0) is 4.74 Å². The van der Waals surface area contributed by atoms with Gasteiger partial charge in [-0.3, -0.25) is 10.1 Å². The smallest absolute Gasteiger partial charge is 0.233 e. The largest absolute Gasteiger partial charge is 0.366 e. The molecule has 4 heteroatoms. The van der Waals surface area contributed by atoms with Gasteiger partial charge in [0.05, 0.1) is 6.61 Å². The molecule has 0 radical (unpaired) electrons. The zero-order valence-corrected chi connectivity index (χ0v) is 8.83. The van der Waals surface area contributed by atoms with Gasteiger partial charge >= 0.3 is 0 Å². The van der Waals surface area contributed by atoms with Crippen molar-refractivity contribution >= 4 is 0 Å². The normalized spacial score (nSPS) is 11.7.